The highest BCUT2D eigenvalue weighted by atomic mass is 15.3. The van der Waals surface area contributed by atoms with Crippen molar-refractivity contribution in [3.05, 3.63) is 108 Å². The van der Waals surface area contributed by atoms with Gasteiger partial charge in [-0.15, -0.1) is 0 Å². The Balaban J connectivity index is 1.83. The van der Waals surface area contributed by atoms with Crippen LogP contribution in [0.5, 0.6) is 0 Å². The van der Waals surface area contributed by atoms with Crippen LogP contribution < -0.4 is 10.6 Å². The Kier molecular flexibility index (Phi) is 5.04. The first-order chi connectivity index (χ1) is 15.6. The first-order valence-corrected chi connectivity index (χ1v) is 10.7. The minimum absolute atomic E-state index is 0.616. The molecular weight excluding hydrogens is 392 g/mol. The number of para-hydroxylation sites is 2. The van der Waals surface area contributed by atoms with E-state index >= 15 is 0 Å². The van der Waals surface area contributed by atoms with Gasteiger partial charge in [-0.2, -0.15) is 0 Å². The fourth-order valence-electron chi connectivity index (χ4n) is 4.15. The second kappa shape index (κ2) is 8.16. The third kappa shape index (κ3) is 3.56. The second-order valence-electron chi connectivity index (χ2n) is 7.93. The molecule has 0 aliphatic carbocycles. The number of nitrogen functional groups attached to an aromatic ring is 1. The van der Waals surface area contributed by atoms with Crippen molar-refractivity contribution in [2.75, 3.05) is 10.6 Å². The number of hydrogen-bond acceptors (Lipinski definition) is 4. The van der Waals surface area contributed by atoms with E-state index in [1.165, 1.54) is 0 Å². The topological polar surface area (TPSA) is 55.0 Å². The minimum atomic E-state index is 0.616. The summed E-state index contributed by atoms with van der Waals surface area (Å²) in [7, 11) is 0. The molecule has 0 unspecified atom stereocenters. The van der Waals surface area contributed by atoms with Gasteiger partial charge in [-0.3, -0.25) is 4.90 Å². The van der Waals surface area contributed by atoms with Crippen LogP contribution in [0.4, 0.5) is 23.0 Å². The Labute approximate surface area is 188 Å². The van der Waals surface area contributed by atoms with E-state index in [-0.39, 0.29) is 0 Å². The lowest BCUT2D eigenvalue weighted by Gasteiger charge is -2.27. The number of aryl methyl sites for hydroxylation is 2. The Morgan fingerprint density at radius 1 is 0.688 bits per heavy atom. The lowest BCUT2D eigenvalue weighted by Crippen LogP contribution is -2.16. The van der Waals surface area contributed by atoms with Crippen LogP contribution in [0.1, 0.15) is 11.1 Å². The van der Waals surface area contributed by atoms with Gasteiger partial charge in [0.05, 0.1) is 22.6 Å². The standard InChI is InChI=1S/C28H24N4/c1-19-10-8-11-20(2)27(19)32(23-15-9-14-22(29)18-23)28-30-25-17-7-6-16-24(25)26(31-28)21-12-4-3-5-13-21/h3-18H,29H2,1-2H3. The van der Waals surface area contributed by atoms with Crippen molar-refractivity contribution >= 4 is 33.9 Å². The van der Waals surface area contributed by atoms with E-state index in [4.69, 9.17) is 15.7 Å². The lowest BCUT2D eigenvalue weighted by molar-refractivity contribution is 1.09. The molecule has 0 radical (unpaired) electrons. The van der Waals surface area contributed by atoms with E-state index < -0.39 is 0 Å². The normalized spacial score (nSPS) is 10.9. The number of anilines is 4. The van der Waals surface area contributed by atoms with E-state index in [0.717, 1.165) is 44.7 Å². The fraction of sp³-hybridized carbons (Fsp3) is 0.0714. The van der Waals surface area contributed by atoms with Crippen molar-refractivity contribution in [2.24, 2.45) is 0 Å². The van der Waals surface area contributed by atoms with Gasteiger partial charge in [0.2, 0.25) is 5.95 Å². The highest BCUT2D eigenvalue weighted by Crippen LogP contribution is 2.39. The third-order valence-electron chi connectivity index (χ3n) is 5.63. The maximum atomic E-state index is 6.17. The van der Waals surface area contributed by atoms with Crippen molar-refractivity contribution in [1.29, 1.82) is 0 Å². The van der Waals surface area contributed by atoms with Gasteiger partial charge in [0, 0.05) is 16.6 Å². The van der Waals surface area contributed by atoms with E-state index in [2.05, 4.69) is 55.1 Å². The Hall–Kier alpha value is -4.18. The van der Waals surface area contributed by atoms with Gasteiger partial charge >= 0.3 is 0 Å². The van der Waals surface area contributed by atoms with Crippen LogP contribution in [0.25, 0.3) is 22.2 Å². The van der Waals surface area contributed by atoms with Gasteiger partial charge in [-0.25, -0.2) is 9.97 Å². The zero-order valence-corrected chi connectivity index (χ0v) is 18.2. The van der Waals surface area contributed by atoms with Crippen LogP contribution in [0, 0.1) is 13.8 Å². The van der Waals surface area contributed by atoms with E-state index in [1.54, 1.807) is 0 Å². The third-order valence-corrected chi connectivity index (χ3v) is 5.63. The summed E-state index contributed by atoms with van der Waals surface area (Å²) in [5.74, 6) is 0.616. The molecule has 4 nitrogen and oxygen atoms in total. The van der Waals surface area contributed by atoms with Crippen molar-refractivity contribution in [2.45, 2.75) is 13.8 Å². The quantitative estimate of drug-likeness (QED) is 0.322. The zero-order valence-electron chi connectivity index (χ0n) is 18.2. The van der Waals surface area contributed by atoms with Gasteiger partial charge in [0.15, 0.2) is 0 Å². The number of aromatic nitrogens is 2. The van der Waals surface area contributed by atoms with E-state index in [1.807, 2.05) is 60.7 Å². The summed E-state index contributed by atoms with van der Waals surface area (Å²) in [6, 6.07) is 32.6. The highest BCUT2D eigenvalue weighted by molar-refractivity contribution is 5.94. The molecule has 0 saturated carbocycles. The van der Waals surface area contributed by atoms with Crippen molar-refractivity contribution in [3.8, 4) is 11.3 Å². The molecule has 2 N–H and O–H groups in total. The summed E-state index contributed by atoms with van der Waals surface area (Å²) in [4.78, 5) is 12.2. The van der Waals surface area contributed by atoms with E-state index in [0.29, 0.717) is 11.6 Å². The number of nitrogens with zero attached hydrogens (tertiary/aromatic N) is 3. The smallest absolute Gasteiger partial charge is 0.235 e. The molecule has 0 spiro atoms. The molecule has 5 rings (SSSR count). The summed E-state index contributed by atoms with van der Waals surface area (Å²) < 4.78 is 0. The fourth-order valence-corrected chi connectivity index (χ4v) is 4.15. The van der Waals surface area contributed by atoms with Crippen LogP contribution in [-0.4, -0.2) is 9.97 Å². The monoisotopic (exact) mass is 416 g/mol. The molecule has 0 saturated heterocycles. The lowest BCUT2D eigenvalue weighted by atomic mass is 10.1. The number of rotatable bonds is 4. The summed E-state index contributed by atoms with van der Waals surface area (Å²) in [6.45, 7) is 4.22. The number of fused-ring (bicyclic) bond motifs is 1. The van der Waals surface area contributed by atoms with E-state index in [9.17, 15) is 0 Å². The Morgan fingerprint density at radius 2 is 1.38 bits per heavy atom. The summed E-state index contributed by atoms with van der Waals surface area (Å²) in [6.07, 6.45) is 0. The summed E-state index contributed by atoms with van der Waals surface area (Å²) in [5.41, 5.74) is 14.0. The molecule has 4 heteroatoms. The summed E-state index contributed by atoms with van der Waals surface area (Å²) >= 11 is 0. The van der Waals surface area contributed by atoms with Crippen LogP contribution in [0.3, 0.4) is 0 Å². The Bertz CT molecular complexity index is 1390. The predicted octanol–water partition coefficient (Wildman–Crippen LogP) is 6.97. The number of benzene rings is 4. The van der Waals surface area contributed by atoms with Crippen molar-refractivity contribution < 1.29 is 0 Å². The van der Waals surface area contributed by atoms with Crippen LogP contribution in [-0.2, 0) is 0 Å². The second-order valence-corrected chi connectivity index (χ2v) is 7.93. The molecule has 156 valence electrons. The highest BCUT2D eigenvalue weighted by Gasteiger charge is 2.21. The number of nitrogens with two attached hydrogens (primary N) is 1. The summed E-state index contributed by atoms with van der Waals surface area (Å²) in [5, 5.41) is 1.02. The van der Waals surface area contributed by atoms with Gasteiger partial charge in [0.25, 0.3) is 0 Å². The maximum absolute atomic E-state index is 6.17. The largest absolute Gasteiger partial charge is 0.399 e. The molecule has 4 aromatic carbocycles. The van der Waals surface area contributed by atoms with Crippen LogP contribution in [0.2, 0.25) is 0 Å². The Morgan fingerprint density at radius 3 is 2.12 bits per heavy atom. The molecular formula is C28H24N4. The molecule has 5 aromatic rings. The molecule has 0 bridgehead atoms. The molecule has 1 heterocycles. The van der Waals surface area contributed by atoms with Gasteiger partial charge in [-0.1, -0.05) is 72.8 Å². The zero-order chi connectivity index (χ0) is 22.1. The molecule has 0 atom stereocenters. The van der Waals surface area contributed by atoms with Crippen molar-refractivity contribution in [3.63, 3.8) is 0 Å². The van der Waals surface area contributed by atoms with Gasteiger partial charge in [0.1, 0.15) is 0 Å². The maximum Gasteiger partial charge on any atom is 0.235 e. The van der Waals surface area contributed by atoms with Gasteiger partial charge in [-0.05, 0) is 49.2 Å². The molecule has 32 heavy (non-hydrogen) atoms. The molecule has 0 aliphatic heterocycles. The first-order valence-electron chi connectivity index (χ1n) is 10.7. The molecule has 0 fully saturated rings. The number of hydrogen-bond donors (Lipinski definition) is 1. The SMILES string of the molecule is Cc1cccc(C)c1N(c1cccc(N)c1)c1nc(-c2ccccc2)c2ccccc2n1. The average Bonchev–Trinajstić information content (AvgIpc) is 2.81. The predicted molar refractivity (Wildman–Crippen MR) is 134 cm³/mol. The van der Waals surface area contributed by atoms with Crippen molar-refractivity contribution in [1.82, 2.24) is 9.97 Å². The molecule has 0 aliphatic rings. The van der Waals surface area contributed by atoms with Gasteiger partial charge < -0.3 is 5.73 Å². The minimum Gasteiger partial charge on any atom is -0.399 e. The van der Waals surface area contributed by atoms with Crippen LogP contribution in [0.15, 0.2) is 97.1 Å². The first kappa shape index (κ1) is 19.8. The molecule has 1 aromatic heterocycles. The molecule has 0 amide bonds. The average molecular weight is 417 g/mol. The van der Waals surface area contributed by atoms with Crippen LogP contribution >= 0.6 is 0 Å².